The molecule has 16 heavy (non-hydrogen) atoms. The van der Waals surface area contributed by atoms with E-state index < -0.39 is 0 Å². The normalized spacial score (nSPS) is 10.4. The van der Waals surface area contributed by atoms with Gasteiger partial charge in [-0.2, -0.15) is 0 Å². The van der Waals surface area contributed by atoms with Crippen LogP contribution in [0.2, 0.25) is 0 Å². The van der Waals surface area contributed by atoms with E-state index in [-0.39, 0.29) is 5.97 Å². The summed E-state index contributed by atoms with van der Waals surface area (Å²) in [5, 5.41) is 1.01. The molecule has 0 aliphatic rings. The minimum absolute atomic E-state index is 0.294. The van der Waals surface area contributed by atoms with Crippen LogP contribution in [0.4, 0.5) is 0 Å². The number of carbonyl (C=O) groups is 1. The van der Waals surface area contributed by atoms with E-state index in [9.17, 15) is 4.79 Å². The quantitative estimate of drug-likeness (QED) is 0.752. The molecule has 0 N–H and O–H groups in total. The topological polar surface area (TPSA) is 35.5 Å². The van der Waals surface area contributed by atoms with Crippen molar-refractivity contribution >= 4 is 27.4 Å². The van der Waals surface area contributed by atoms with Gasteiger partial charge >= 0.3 is 5.97 Å². The number of methoxy groups -OCH3 is 2. The van der Waals surface area contributed by atoms with Crippen molar-refractivity contribution in [3.8, 4) is 5.75 Å². The van der Waals surface area contributed by atoms with Gasteiger partial charge < -0.3 is 9.47 Å². The number of hydrogen-bond donors (Lipinski definition) is 0. The zero-order valence-corrected chi connectivity index (χ0v) is 10.2. The zero-order chi connectivity index (χ0) is 11.7. The van der Waals surface area contributed by atoms with Crippen LogP contribution in [0.5, 0.6) is 5.75 Å². The molecule has 84 valence electrons. The van der Waals surface area contributed by atoms with E-state index in [4.69, 9.17) is 9.47 Å². The van der Waals surface area contributed by atoms with Crippen LogP contribution in [-0.4, -0.2) is 20.2 Å². The Morgan fingerprint density at radius 1 is 1.25 bits per heavy atom. The van der Waals surface area contributed by atoms with Gasteiger partial charge in [0.2, 0.25) is 0 Å². The molecular weight excluding hydrogens is 224 g/mol. The van der Waals surface area contributed by atoms with Crippen LogP contribution in [-0.2, 0) is 4.74 Å². The molecule has 1 aromatic heterocycles. The Morgan fingerprint density at radius 2 is 2.00 bits per heavy atom. The second-order valence-electron chi connectivity index (χ2n) is 3.46. The van der Waals surface area contributed by atoms with Crippen LogP contribution < -0.4 is 4.74 Å². The molecule has 0 saturated heterocycles. The SMILES string of the molecule is COC(=O)c1cc2cc(OC)c(C)cc2s1. The average molecular weight is 236 g/mol. The van der Waals surface area contributed by atoms with E-state index in [1.54, 1.807) is 7.11 Å². The van der Waals surface area contributed by atoms with Gasteiger partial charge in [-0.25, -0.2) is 4.79 Å². The van der Waals surface area contributed by atoms with Gasteiger partial charge in [-0.3, -0.25) is 0 Å². The number of carbonyl (C=O) groups excluding carboxylic acids is 1. The predicted octanol–water partition coefficient (Wildman–Crippen LogP) is 3.00. The van der Waals surface area contributed by atoms with Gasteiger partial charge in [-0.05, 0) is 36.1 Å². The third-order valence-corrected chi connectivity index (χ3v) is 3.50. The summed E-state index contributed by atoms with van der Waals surface area (Å²) in [4.78, 5) is 12.0. The lowest BCUT2D eigenvalue weighted by atomic mass is 10.1. The second-order valence-corrected chi connectivity index (χ2v) is 4.55. The fraction of sp³-hybridized carbons (Fsp3) is 0.250. The van der Waals surface area contributed by atoms with Gasteiger partial charge in [0.25, 0.3) is 0 Å². The van der Waals surface area contributed by atoms with E-state index in [2.05, 4.69) is 0 Å². The summed E-state index contributed by atoms with van der Waals surface area (Å²) in [6.07, 6.45) is 0. The van der Waals surface area contributed by atoms with Crippen molar-refractivity contribution in [1.82, 2.24) is 0 Å². The molecule has 0 fully saturated rings. The fourth-order valence-electron chi connectivity index (χ4n) is 1.59. The molecule has 2 aromatic rings. The molecule has 0 aliphatic carbocycles. The van der Waals surface area contributed by atoms with Crippen LogP contribution in [0.15, 0.2) is 18.2 Å². The molecule has 0 bridgehead atoms. The number of aryl methyl sites for hydroxylation is 1. The Bertz CT molecular complexity index is 542. The summed E-state index contributed by atoms with van der Waals surface area (Å²) in [6, 6.07) is 5.78. The number of hydrogen-bond acceptors (Lipinski definition) is 4. The Kier molecular flexibility index (Phi) is 2.83. The summed E-state index contributed by atoms with van der Waals surface area (Å²) >= 11 is 1.43. The molecule has 0 spiro atoms. The summed E-state index contributed by atoms with van der Waals surface area (Å²) in [6.45, 7) is 1.98. The fourth-order valence-corrected chi connectivity index (χ4v) is 2.65. The van der Waals surface area contributed by atoms with E-state index in [0.29, 0.717) is 4.88 Å². The number of benzene rings is 1. The van der Waals surface area contributed by atoms with Gasteiger partial charge in [0.15, 0.2) is 0 Å². The average Bonchev–Trinajstić information content (AvgIpc) is 2.69. The summed E-state index contributed by atoms with van der Waals surface area (Å²) in [5.74, 6) is 0.541. The summed E-state index contributed by atoms with van der Waals surface area (Å²) in [7, 11) is 3.03. The Morgan fingerprint density at radius 3 is 2.62 bits per heavy atom. The third kappa shape index (κ3) is 1.76. The molecule has 3 nitrogen and oxygen atoms in total. The Labute approximate surface area is 97.6 Å². The van der Waals surface area contributed by atoms with Gasteiger partial charge in [0.1, 0.15) is 10.6 Å². The van der Waals surface area contributed by atoms with E-state index in [0.717, 1.165) is 21.4 Å². The van der Waals surface area contributed by atoms with Crippen molar-refractivity contribution in [2.24, 2.45) is 0 Å². The van der Waals surface area contributed by atoms with E-state index >= 15 is 0 Å². The van der Waals surface area contributed by atoms with Crippen molar-refractivity contribution in [2.45, 2.75) is 6.92 Å². The number of ether oxygens (including phenoxy) is 2. The van der Waals surface area contributed by atoms with Crippen LogP contribution in [0.1, 0.15) is 15.2 Å². The molecule has 0 unspecified atom stereocenters. The van der Waals surface area contributed by atoms with Crippen LogP contribution in [0, 0.1) is 6.92 Å². The highest BCUT2D eigenvalue weighted by atomic mass is 32.1. The van der Waals surface area contributed by atoms with Gasteiger partial charge in [-0.15, -0.1) is 11.3 Å². The first-order valence-electron chi connectivity index (χ1n) is 4.82. The lowest BCUT2D eigenvalue weighted by molar-refractivity contribution is 0.0606. The van der Waals surface area contributed by atoms with Crippen LogP contribution in [0.25, 0.3) is 10.1 Å². The van der Waals surface area contributed by atoms with Gasteiger partial charge in [0, 0.05) is 4.70 Å². The molecule has 1 heterocycles. The second kappa shape index (κ2) is 4.14. The monoisotopic (exact) mass is 236 g/mol. The first kappa shape index (κ1) is 11.0. The largest absolute Gasteiger partial charge is 0.496 e. The number of fused-ring (bicyclic) bond motifs is 1. The summed E-state index contributed by atoms with van der Waals surface area (Å²) in [5.41, 5.74) is 1.06. The van der Waals surface area contributed by atoms with Crippen molar-refractivity contribution in [3.05, 3.63) is 28.6 Å². The van der Waals surface area contributed by atoms with Crippen molar-refractivity contribution in [1.29, 1.82) is 0 Å². The smallest absolute Gasteiger partial charge is 0.348 e. The molecule has 1 aromatic carbocycles. The first-order chi connectivity index (χ1) is 7.65. The van der Waals surface area contributed by atoms with E-state index in [1.807, 2.05) is 25.1 Å². The van der Waals surface area contributed by atoms with Crippen LogP contribution in [0.3, 0.4) is 0 Å². The van der Waals surface area contributed by atoms with Gasteiger partial charge in [-0.1, -0.05) is 0 Å². The number of rotatable bonds is 2. The van der Waals surface area contributed by atoms with Crippen molar-refractivity contribution < 1.29 is 14.3 Å². The van der Waals surface area contributed by atoms with Crippen LogP contribution >= 0.6 is 11.3 Å². The molecule has 2 rings (SSSR count). The maximum atomic E-state index is 11.4. The maximum absolute atomic E-state index is 11.4. The first-order valence-corrected chi connectivity index (χ1v) is 5.64. The van der Waals surface area contributed by atoms with Gasteiger partial charge in [0.05, 0.1) is 14.2 Å². The molecule has 0 aliphatic heterocycles. The highest BCUT2D eigenvalue weighted by Crippen LogP contribution is 2.31. The molecule has 0 amide bonds. The molecule has 0 atom stereocenters. The lowest BCUT2D eigenvalue weighted by Crippen LogP contribution is -1.96. The minimum Gasteiger partial charge on any atom is -0.496 e. The van der Waals surface area contributed by atoms with Crippen molar-refractivity contribution in [3.63, 3.8) is 0 Å². The molecular formula is C12H12O3S. The van der Waals surface area contributed by atoms with E-state index in [1.165, 1.54) is 18.4 Å². The highest BCUT2D eigenvalue weighted by molar-refractivity contribution is 7.20. The molecule has 0 saturated carbocycles. The minimum atomic E-state index is -0.294. The van der Waals surface area contributed by atoms with Crippen molar-refractivity contribution in [2.75, 3.05) is 14.2 Å². The molecule has 0 radical (unpaired) electrons. The number of esters is 1. The Balaban J connectivity index is 2.58. The Hall–Kier alpha value is -1.55. The standard InChI is InChI=1S/C12H12O3S/c1-7-4-10-8(5-9(7)14-2)6-11(16-10)12(13)15-3/h4-6H,1-3H3. The maximum Gasteiger partial charge on any atom is 0.348 e. The molecule has 4 heteroatoms. The zero-order valence-electron chi connectivity index (χ0n) is 9.37. The summed E-state index contributed by atoms with van der Waals surface area (Å²) < 4.78 is 11.0. The third-order valence-electron chi connectivity index (χ3n) is 2.42. The lowest BCUT2D eigenvalue weighted by Gasteiger charge is -2.03. The highest BCUT2D eigenvalue weighted by Gasteiger charge is 2.11. The predicted molar refractivity (Wildman–Crippen MR) is 64.5 cm³/mol. The number of thiophene rings is 1.